The Morgan fingerprint density at radius 3 is 1.34 bits per heavy atom. The Balaban J connectivity index is 0.00000469. The van der Waals surface area contributed by atoms with Gasteiger partial charge < -0.3 is 42.5 Å². The first-order chi connectivity index (χ1) is 35.7. The lowest BCUT2D eigenvalue weighted by Gasteiger charge is -2.36. The second kappa shape index (κ2) is 27.4. The molecular weight excluding hydrogens is 1000 g/mol. The maximum absolute atomic E-state index is 14.6. The van der Waals surface area contributed by atoms with E-state index in [0.717, 1.165) is 49.7 Å². The molecule has 9 rings (SSSR count). The summed E-state index contributed by atoms with van der Waals surface area (Å²) in [4.78, 5) is 88.5. The van der Waals surface area contributed by atoms with Gasteiger partial charge in [-0.05, 0) is 152 Å². The number of hydrogen-bond donors (Lipinski definition) is 8. The second-order valence-corrected chi connectivity index (χ2v) is 20.9. The summed E-state index contributed by atoms with van der Waals surface area (Å²) < 4.78 is 0. The van der Waals surface area contributed by atoms with Crippen LogP contribution in [0, 0.1) is 23.7 Å². The van der Waals surface area contributed by atoms with Gasteiger partial charge in [0.1, 0.15) is 0 Å². The number of nitrogens with one attached hydrogen (secondary N) is 8. The molecule has 18 heteroatoms. The third kappa shape index (κ3) is 14.1. The van der Waals surface area contributed by atoms with Crippen molar-refractivity contribution in [2.45, 2.75) is 164 Å². The highest BCUT2D eigenvalue weighted by Crippen LogP contribution is 2.33. The predicted molar refractivity (Wildman–Crippen MR) is 299 cm³/mol. The number of aryl methyl sites for hydroxylation is 2. The van der Waals surface area contributed by atoms with Crippen molar-refractivity contribution in [1.29, 1.82) is 0 Å². The molecule has 4 heterocycles. The van der Waals surface area contributed by atoms with Crippen molar-refractivity contribution in [2.24, 2.45) is 0 Å². The molecule has 0 spiro atoms. The van der Waals surface area contributed by atoms with Gasteiger partial charge in [0.15, 0.2) is 0 Å². The number of hydrogen-bond acceptors (Lipinski definition) is 10. The van der Waals surface area contributed by atoms with E-state index in [-0.39, 0.29) is 85.2 Å². The highest BCUT2D eigenvalue weighted by atomic mass is 35.5. The quantitative estimate of drug-likeness (QED) is 0.137. The Kier molecular flexibility index (Phi) is 21.3. The minimum atomic E-state index is -0.640. The first-order valence-electron chi connectivity index (χ1n) is 26.6. The van der Waals surface area contributed by atoms with E-state index in [0.29, 0.717) is 37.1 Å². The molecular formula is C58H76Cl2N10O6. The van der Waals surface area contributed by atoms with E-state index in [2.05, 4.69) is 100 Å². The minimum absolute atomic E-state index is 0. The molecule has 4 unspecified atom stereocenters. The first kappa shape index (κ1) is 59.3. The van der Waals surface area contributed by atoms with Gasteiger partial charge in [0.25, 0.3) is 11.8 Å². The largest absolute Gasteiger partial charge is 0.349 e. The molecule has 6 aliphatic rings. The van der Waals surface area contributed by atoms with Crippen molar-refractivity contribution in [3.63, 3.8) is 0 Å². The van der Waals surface area contributed by atoms with Gasteiger partial charge in [-0.3, -0.25) is 38.6 Å². The number of benzene rings is 3. The van der Waals surface area contributed by atoms with Gasteiger partial charge in [-0.15, -0.1) is 24.8 Å². The lowest BCUT2D eigenvalue weighted by atomic mass is 9.87. The van der Waals surface area contributed by atoms with E-state index in [4.69, 9.17) is 0 Å². The van der Waals surface area contributed by atoms with Gasteiger partial charge in [-0.25, -0.2) is 0 Å². The van der Waals surface area contributed by atoms with Gasteiger partial charge in [-0.1, -0.05) is 60.4 Å². The number of carbonyl (C=O) groups excluding carboxylic acids is 6. The van der Waals surface area contributed by atoms with E-state index in [1.807, 2.05) is 38.1 Å². The molecule has 8 N–H and O–H groups in total. The molecule has 0 aromatic heterocycles. The van der Waals surface area contributed by atoms with Crippen LogP contribution in [0.4, 0.5) is 0 Å². The summed E-state index contributed by atoms with van der Waals surface area (Å²) in [6.45, 7) is 8.16. The Bertz CT molecular complexity index is 2510. The topological polar surface area (TPSA) is 205 Å². The number of fused-ring (bicyclic) bond motifs is 13. The summed E-state index contributed by atoms with van der Waals surface area (Å²) in [5.41, 5.74) is 5.39. The average Bonchev–Trinajstić information content (AvgIpc) is 4.05. The third-order valence-electron chi connectivity index (χ3n) is 16.1. The minimum Gasteiger partial charge on any atom is -0.349 e. The molecule has 408 valence electrons. The molecule has 6 bridgehead atoms. The zero-order valence-corrected chi connectivity index (χ0v) is 46.1. The predicted octanol–water partition coefficient (Wildman–Crippen LogP) is 4.03. The highest BCUT2D eigenvalue weighted by Gasteiger charge is 2.45. The van der Waals surface area contributed by atoms with Crippen LogP contribution in [0.15, 0.2) is 72.8 Å². The summed E-state index contributed by atoms with van der Waals surface area (Å²) >= 11 is 0. The lowest BCUT2D eigenvalue weighted by Crippen LogP contribution is -2.57. The average molecular weight is 1080 g/mol. The molecule has 76 heavy (non-hydrogen) atoms. The number of amides is 6. The summed E-state index contributed by atoms with van der Waals surface area (Å²) in [6.07, 6.45) is 6.50. The summed E-state index contributed by atoms with van der Waals surface area (Å²) in [5, 5.41) is 25.5. The zero-order chi connectivity index (χ0) is 52.5. The molecule has 2 fully saturated rings. The number of halogens is 2. The second-order valence-electron chi connectivity index (χ2n) is 20.9. The van der Waals surface area contributed by atoms with Crippen molar-refractivity contribution in [3.8, 4) is 23.7 Å². The fraction of sp³-hybridized carbons (Fsp3) is 0.517. The van der Waals surface area contributed by atoms with Gasteiger partial charge in [0.05, 0.1) is 48.3 Å². The Labute approximate surface area is 460 Å². The molecule has 2 aliphatic carbocycles. The Morgan fingerprint density at radius 1 is 0.579 bits per heavy atom. The van der Waals surface area contributed by atoms with Crippen LogP contribution in [-0.4, -0.2) is 133 Å². The molecule has 0 saturated carbocycles. The van der Waals surface area contributed by atoms with Crippen LogP contribution in [0.25, 0.3) is 0 Å². The van der Waals surface area contributed by atoms with Crippen LogP contribution < -0.4 is 42.5 Å². The molecule has 3 aromatic rings. The number of rotatable bonds is 10. The number of likely N-dealkylation sites (N-methyl/N-ethyl adjacent to an activating group) is 2. The van der Waals surface area contributed by atoms with Crippen LogP contribution >= 0.6 is 24.8 Å². The van der Waals surface area contributed by atoms with Gasteiger partial charge in [0.2, 0.25) is 23.6 Å². The van der Waals surface area contributed by atoms with Crippen LogP contribution in [0.3, 0.4) is 0 Å². The summed E-state index contributed by atoms with van der Waals surface area (Å²) in [5.74, 6) is 11.0. The molecule has 0 radical (unpaired) electrons. The molecule has 16 nitrogen and oxygen atoms in total. The van der Waals surface area contributed by atoms with Gasteiger partial charge in [0, 0.05) is 61.2 Å². The SMILES string of the molecule is CN[C@@H](C)C(=O)N[C@H]1CC#CC#CC[C@H](NC(=O)[C@H](C)NC)C(C)N2C[C@H](C[C@H]2C(=O)N[C@@H]2CCCc3ccccc32)NC(=O)c2ccc(cc2)C(=O)N[C@H]2C[C@@H](C(=O)N[C@@H]3CCCc4ccccc43)N(C2)C1C.Cl.Cl. The van der Waals surface area contributed by atoms with Crippen LogP contribution in [0.1, 0.15) is 134 Å². The van der Waals surface area contributed by atoms with E-state index in [1.165, 1.54) is 11.1 Å². The van der Waals surface area contributed by atoms with E-state index >= 15 is 0 Å². The molecule has 14 atom stereocenters. The van der Waals surface area contributed by atoms with Crippen molar-refractivity contribution in [2.75, 3.05) is 27.2 Å². The summed E-state index contributed by atoms with van der Waals surface area (Å²) in [7, 11) is 3.43. The summed E-state index contributed by atoms with van der Waals surface area (Å²) in [6, 6.07) is 17.5. The van der Waals surface area contributed by atoms with Crippen molar-refractivity contribution in [1.82, 2.24) is 52.3 Å². The fourth-order valence-corrected chi connectivity index (χ4v) is 11.4. The number of carbonyl (C=O) groups is 6. The van der Waals surface area contributed by atoms with E-state index in [1.54, 1.807) is 52.2 Å². The zero-order valence-electron chi connectivity index (χ0n) is 44.5. The van der Waals surface area contributed by atoms with Gasteiger partial charge in [-0.2, -0.15) is 0 Å². The normalized spacial score (nSPS) is 28.8. The van der Waals surface area contributed by atoms with Crippen molar-refractivity contribution in [3.05, 3.63) is 106 Å². The van der Waals surface area contributed by atoms with Crippen LogP contribution in [0.5, 0.6) is 0 Å². The fourth-order valence-electron chi connectivity index (χ4n) is 11.4. The van der Waals surface area contributed by atoms with E-state index in [9.17, 15) is 28.8 Å². The monoisotopic (exact) mass is 1080 g/mol. The van der Waals surface area contributed by atoms with Gasteiger partial charge >= 0.3 is 0 Å². The maximum atomic E-state index is 14.6. The lowest BCUT2D eigenvalue weighted by molar-refractivity contribution is -0.128. The molecule has 6 amide bonds. The maximum Gasteiger partial charge on any atom is 0.251 e. The van der Waals surface area contributed by atoms with Crippen LogP contribution in [-0.2, 0) is 32.0 Å². The first-order valence-corrected chi connectivity index (χ1v) is 26.6. The van der Waals surface area contributed by atoms with Crippen molar-refractivity contribution < 1.29 is 28.8 Å². The molecule has 4 aliphatic heterocycles. The Morgan fingerprint density at radius 2 is 0.961 bits per heavy atom. The molecule has 2 saturated heterocycles. The smallest absolute Gasteiger partial charge is 0.251 e. The van der Waals surface area contributed by atoms with E-state index < -0.39 is 60.4 Å². The Hall–Kier alpha value is -5.98. The number of nitrogens with zero attached hydrogens (tertiary/aromatic N) is 2. The van der Waals surface area contributed by atoms with Crippen LogP contribution in [0.2, 0.25) is 0 Å². The molecule has 3 aromatic carbocycles. The standard InChI is InChI=1S/C58H74N10O6.2ClH/c1-35(59-5)53(69)63-47-23-9-7-8-10-24-48(64-54(70)36(2)60-6)38(4)68-34-44(32-52(68)58(74)66-50-26-16-20-40-18-12-14-22-46(40)50)62-56(72)42-29-27-41(28-30-42)55(71)61-43-31-51(67(33-43)37(47)3)57(73)65-49-25-15-19-39-17-11-13-21-45(39)49;;/h11-14,17-18,21-22,27-30,35-38,43-44,47-52,59-60H,15-16,19-20,23-26,31-34H2,1-6H3,(H,61,71)(H,62,72)(H,63,69)(H,64,70)(H,65,73)(H,66,74);2*1H/t35-,36-,37?,38?,43-,44-,47-,48-,49+,50+,51-,52-;;/m0../s1. The highest BCUT2D eigenvalue weighted by molar-refractivity contribution is 5.98. The third-order valence-corrected chi connectivity index (χ3v) is 16.1. The van der Waals surface area contributed by atoms with Crippen molar-refractivity contribution >= 4 is 60.3 Å².